The van der Waals surface area contributed by atoms with E-state index in [9.17, 15) is 14.7 Å². The number of rotatable bonds is 2. The number of piperazine rings is 1. The van der Waals surface area contributed by atoms with Crippen LogP contribution in [-0.2, 0) is 4.79 Å². The van der Waals surface area contributed by atoms with Crippen molar-refractivity contribution in [3.05, 3.63) is 34.9 Å². The number of carboxylic acids is 1. The first kappa shape index (κ1) is 13.5. The van der Waals surface area contributed by atoms with Crippen LogP contribution in [-0.4, -0.2) is 47.6 Å². The highest BCUT2D eigenvalue weighted by atomic mass is 16.4. The van der Waals surface area contributed by atoms with Crippen molar-refractivity contribution < 1.29 is 14.7 Å². The van der Waals surface area contributed by atoms with E-state index in [4.69, 9.17) is 0 Å². The molecule has 1 atom stereocenters. The van der Waals surface area contributed by atoms with Gasteiger partial charge in [0.2, 0.25) is 0 Å². The largest absolute Gasteiger partial charge is 0.480 e. The lowest BCUT2D eigenvalue weighted by Gasteiger charge is -2.33. The third-order valence-electron chi connectivity index (χ3n) is 3.26. The van der Waals surface area contributed by atoms with E-state index in [1.165, 1.54) is 4.90 Å². The zero-order valence-corrected chi connectivity index (χ0v) is 11.1. The molecule has 5 nitrogen and oxygen atoms in total. The minimum atomic E-state index is -0.968. The third-order valence-corrected chi connectivity index (χ3v) is 3.26. The van der Waals surface area contributed by atoms with Crippen molar-refractivity contribution in [2.75, 3.05) is 19.6 Å². The van der Waals surface area contributed by atoms with Gasteiger partial charge in [-0.2, -0.15) is 0 Å². The van der Waals surface area contributed by atoms with Crippen LogP contribution >= 0.6 is 0 Å². The quantitative estimate of drug-likeness (QED) is 0.827. The Labute approximate surface area is 112 Å². The van der Waals surface area contributed by atoms with Gasteiger partial charge >= 0.3 is 5.97 Å². The van der Waals surface area contributed by atoms with Gasteiger partial charge in [-0.05, 0) is 26.0 Å². The molecule has 0 aliphatic carbocycles. The average Bonchev–Trinajstić information content (AvgIpc) is 2.36. The van der Waals surface area contributed by atoms with Crippen molar-refractivity contribution in [3.8, 4) is 0 Å². The standard InChI is InChI=1S/C14H18N2O3/c1-9-5-10(2)7-11(6-9)13(17)16-4-3-15-8-12(16)14(18)19/h5-7,12,15H,3-4,8H2,1-2H3,(H,18,19). The Morgan fingerprint density at radius 3 is 2.47 bits per heavy atom. The van der Waals surface area contributed by atoms with Crippen molar-refractivity contribution in [3.63, 3.8) is 0 Å². The number of hydrogen-bond acceptors (Lipinski definition) is 3. The maximum atomic E-state index is 12.5. The number of nitrogens with zero attached hydrogens (tertiary/aromatic N) is 1. The number of aliphatic carboxylic acids is 1. The summed E-state index contributed by atoms with van der Waals surface area (Å²) < 4.78 is 0. The highest BCUT2D eigenvalue weighted by molar-refractivity contribution is 5.97. The van der Waals surface area contributed by atoms with E-state index in [0.717, 1.165) is 11.1 Å². The monoisotopic (exact) mass is 262 g/mol. The van der Waals surface area contributed by atoms with Crippen LogP contribution in [0.4, 0.5) is 0 Å². The topological polar surface area (TPSA) is 69.6 Å². The predicted molar refractivity (Wildman–Crippen MR) is 71.2 cm³/mol. The number of aryl methyl sites for hydroxylation is 2. The highest BCUT2D eigenvalue weighted by Crippen LogP contribution is 2.14. The molecule has 0 saturated carbocycles. The molecule has 1 aliphatic heterocycles. The van der Waals surface area contributed by atoms with Crippen LogP contribution in [0.5, 0.6) is 0 Å². The fourth-order valence-corrected chi connectivity index (χ4v) is 2.43. The van der Waals surface area contributed by atoms with E-state index in [2.05, 4.69) is 5.32 Å². The van der Waals surface area contributed by atoms with Crippen LogP contribution in [0.25, 0.3) is 0 Å². The minimum absolute atomic E-state index is 0.208. The molecule has 19 heavy (non-hydrogen) atoms. The van der Waals surface area contributed by atoms with E-state index in [0.29, 0.717) is 25.2 Å². The summed E-state index contributed by atoms with van der Waals surface area (Å²) in [7, 11) is 0. The molecular weight excluding hydrogens is 244 g/mol. The van der Waals surface area contributed by atoms with Gasteiger partial charge in [-0.3, -0.25) is 4.79 Å². The Morgan fingerprint density at radius 1 is 1.26 bits per heavy atom. The van der Waals surface area contributed by atoms with E-state index in [-0.39, 0.29) is 5.91 Å². The number of carboxylic acid groups (broad SMARTS) is 1. The van der Waals surface area contributed by atoms with Crippen molar-refractivity contribution in [2.24, 2.45) is 0 Å². The minimum Gasteiger partial charge on any atom is -0.480 e. The Hall–Kier alpha value is -1.88. The highest BCUT2D eigenvalue weighted by Gasteiger charge is 2.32. The van der Waals surface area contributed by atoms with Crippen LogP contribution in [0, 0.1) is 13.8 Å². The fraction of sp³-hybridized carbons (Fsp3) is 0.429. The number of carbonyl (C=O) groups is 2. The first-order chi connectivity index (χ1) is 8.99. The summed E-state index contributed by atoms with van der Waals surface area (Å²) in [5, 5.41) is 12.2. The lowest BCUT2D eigenvalue weighted by molar-refractivity contribution is -0.142. The summed E-state index contributed by atoms with van der Waals surface area (Å²) in [6.07, 6.45) is 0. The molecule has 2 rings (SSSR count). The molecule has 5 heteroatoms. The summed E-state index contributed by atoms with van der Waals surface area (Å²) in [5.41, 5.74) is 2.57. The Kier molecular flexibility index (Phi) is 3.85. The second kappa shape index (κ2) is 5.40. The normalized spacial score (nSPS) is 19.3. The van der Waals surface area contributed by atoms with E-state index < -0.39 is 12.0 Å². The molecular formula is C14H18N2O3. The van der Waals surface area contributed by atoms with Gasteiger partial charge in [0.25, 0.3) is 5.91 Å². The number of nitrogens with one attached hydrogen (secondary N) is 1. The second-order valence-electron chi connectivity index (χ2n) is 4.93. The molecule has 0 radical (unpaired) electrons. The molecule has 0 spiro atoms. The summed E-state index contributed by atoms with van der Waals surface area (Å²) >= 11 is 0. The zero-order chi connectivity index (χ0) is 14.0. The van der Waals surface area contributed by atoms with Gasteiger partial charge in [-0.15, -0.1) is 0 Å². The van der Waals surface area contributed by atoms with Crippen molar-refractivity contribution >= 4 is 11.9 Å². The molecule has 2 N–H and O–H groups in total. The number of benzene rings is 1. The summed E-state index contributed by atoms with van der Waals surface area (Å²) in [4.78, 5) is 25.1. The number of hydrogen-bond donors (Lipinski definition) is 2. The van der Waals surface area contributed by atoms with Crippen LogP contribution in [0.15, 0.2) is 18.2 Å². The van der Waals surface area contributed by atoms with Crippen LogP contribution in [0.2, 0.25) is 0 Å². The molecule has 1 amide bonds. The molecule has 1 aromatic rings. The summed E-state index contributed by atoms with van der Waals surface area (Å²) in [6, 6.07) is 4.80. The molecule has 1 unspecified atom stereocenters. The van der Waals surface area contributed by atoms with Crippen LogP contribution < -0.4 is 5.32 Å². The molecule has 0 bridgehead atoms. The number of amides is 1. The van der Waals surface area contributed by atoms with Gasteiger partial charge in [0.1, 0.15) is 6.04 Å². The van der Waals surface area contributed by atoms with Gasteiger partial charge in [0.05, 0.1) is 0 Å². The predicted octanol–water partition coefficient (Wildman–Crippen LogP) is 0.802. The summed E-state index contributed by atoms with van der Waals surface area (Å²) in [6.45, 7) is 5.20. The fourth-order valence-electron chi connectivity index (χ4n) is 2.43. The second-order valence-corrected chi connectivity index (χ2v) is 4.93. The Balaban J connectivity index is 2.28. The Bertz CT molecular complexity index is 493. The van der Waals surface area contributed by atoms with Gasteiger partial charge in [0.15, 0.2) is 0 Å². The lowest BCUT2D eigenvalue weighted by atomic mass is 10.0. The van der Waals surface area contributed by atoms with Crippen molar-refractivity contribution in [1.29, 1.82) is 0 Å². The third kappa shape index (κ3) is 2.93. The van der Waals surface area contributed by atoms with Crippen molar-refractivity contribution in [1.82, 2.24) is 10.2 Å². The molecule has 1 fully saturated rings. The maximum absolute atomic E-state index is 12.5. The van der Waals surface area contributed by atoms with Crippen LogP contribution in [0.1, 0.15) is 21.5 Å². The molecule has 1 heterocycles. The lowest BCUT2D eigenvalue weighted by Crippen LogP contribution is -2.57. The van der Waals surface area contributed by atoms with E-state index >= 15 is 0 Å². The molecule has 1 saturated heterocycles. The average molecular weight is 262 g/mol. The number of carbonyl (C=O) groups excluding carboxylic acids is 1. The molecule has 1 aliphatic rings. The van der Waals surface area contributed by atoms with Gasteiger partial charge in [-0.25, -0.2) is 4.79 Å². The first-order valence-electron chi connectivity index (χ1n) is 6.32. The van der Waals surface area contributed by atoms with Gasteiger partial charge in [0, 0.05) is 25.2 Å². The smallest absolute Gasteiger partial charge is 0.327 e. The van der Waals surface area contributed by atoms with E-state index in [1.54, 1.807) is 12.1 Å². The molecule has 0 aromatic heterocycles. The Morgan fingerprint density at radius 2 is 1.89 bits per heavy atom. The molecule has 102 valence electrons. The first-order valence-corrected chi connectivity index (χ1v) is 6.32. The SMILES string of the molecule is Cc1cc(C)cc(C(=O)N2CCNCC2C(=O)O)c1. The zero-order valence-electron chi connectivity index (χ0n) is 11.1. The maximum Gasteiger partial charge on any atom is 0.327 e. The van der Waals surface area contributed by atoms with E-state index in [1.807, 2.05) is 19.9 Å². The molecule has 1 aromatic carbocycles. The van der Waals surface area contributed by atoms with Gasteiger partial charge in [-0.1, -0.05) is 17.2 Å². The summed E-state index contributed by atoms with van der Waals surface area (Å²) in [5.74, 6) is -1.18. The van der Waals surface area contributed by atoms with Crippen molar-refractivity contribution in [2.45, 2.75) is 19.9 Å². The van der Waals surface area contributed by atoms with Crippen LogP contribution in [0.3, 0.4) is 0 Å². The van der Waals surface area contributed by atoms with Gasteiger partial charge < -0.3 is 15.3 Å².